The van der Waals surface area contributed by atoms with Gasteiger partial charge in [-0.15, -0.1) is 0 Å². The molecule has 2 aliphatic heterocycles. The van der Waals surface area contributed by atoms with Gasteiger partial charge in [-0.2, -0.15) is 0 Å². The first kappa shape index (κ1) is 13.3. The van der Waals surface area contributed by atoms with E-state index in [4.69, 9.17) is 13.9 Å². The minimum absolute atomic E-state index is 0.0378. The van der Waals surface area contributed by atoms with Crippen molar-refractivity contribution < 1.29 is 29.2 Å². The molecular formula is C17H10O7. The van der Waals surface area contributed by atoms with Crippen molar-refractivity contribution >= 4 is 21.9 Å². The van der Waals surface area contributed by atoms with Crippen LogP contribution < -0.4 is 10.2 Å². The van der Waals surface area contributed by atoms with E-state index in [0.717, 1.165) is 0 Å². The normalized spacial score (nSPS) is 24.0. The van der Waals surface area contributed by atoms with Gasteiger partial charge < -0.3 is 29.2 Å². The summed E-state index contributed by atoms with van der Waals surface area (Å²) in [6.45, 7) is 0. The predicted octanol–water partition coefficient (Wildman–Crippen LogP) is 1.81. The number of fused-ring (bicyclic) bond motifs is 5. The SMILES string of the molecule is O=c1c2c(O)cccc2oc2cc3c(c(O)c12)[C@]1(O)C=CO[C@@H]1O3. The Bertz CT molecular complexity index is 1130. The number of ether oxygens (including phenoxy) is 2. The van der Waals surface area contributed by atoms with Crippen LogP contribution in [0.15, 0.2) is 45.8 Å². The lowest BCUT2D eigenvalue weighted by molar-refractivity contribution is -0.110. The van der Waals surface area contributed by atoms with E-state index in [1.807, 2.05) is 0 Å². The summed E-state index contributed by atoms with van der Waals surface area (Å²) in [6.07, 6.45) is 1.58. The second-order valence-corrected chi connectivity index (χ2v) is 5.77. The molecule has 0 spiro atoms. The molecule has 0 saturated heterocycles. The zero-order valence-electron chi connectivity index (χ0n) is 12.0. The van der Waals surface area contributed by atoms with Crippen molar-refractivity contribution in [3.05, 3.63) is 52.4 Å². The van der Waals surface area contributed by atoms with Gasteiger partial charge in [0.1, 0.15) is 39.2 Å². The van der Waals surface area contributed by atoms with Gasteiger partial charge in [-0.1, -0.05) is 6.07 Å². The molecule has 120 valence electrons. The van der Waals surface area contributed by atoms with Gasteiger partial charge in [-0.25, -0.2) is 0 Å². The number of phenolic OH excluding ortho intramolecular Hbond substituents is 2. The van der Waals surface area contributed by atoms with Crippen molar-refractivity contribution in [2.75, 3.05) is 0 Å². The third kappa shape index (κ3) is 1.38. The van der Waals surface area contributed by atoms with Crippen LogP contribution in [-0.4, -0.2) is 21.6 Å². The minimum atomic E-state index is -1.69. The first-order chi connectivity index (χ1) is 11.5. The molecule has 24 heavy (non-hydrogen) atoms. The fourth-order valence-corrected chi connectivity index (χ4v) is 3.31. The largest absolute Gasteiger partial charge is 0.507 e. The smallest absolute Gasteiger partial charge is 0.277 e. The number of hydrogen-bond donors (Lipinski definition) is 3. The van der Waals surface area contributed by atoms with Crippen LogP contribution in [0.1, 0.15) is 5.56 Å². The highest BCUT2D eigenvalue weighted by atomic mass is 16.7. The zero-order chi connectivity index (χ0) is 16.6. The molecule has 1 aromatic heterocycles. The topological polar surface area (TPSA) is 109 Å². The van der Waals surface area contributed by atoms with Crippen LogP contribution in [0.25, 0.3) is 21.9 Å². The molecule has 0 saturated carbocycles. The molecule has 0 unspecified atom stereocenters. The highest BCUT2D eigenvalue weighted by molar-refractivity contribution is 5.97. The maximum atomic E-state index is 12.8. The Morgan fingerprint density at radius 3 is 2.79 bits per heavy atom. The van der Waals surface area contributed by atoms with Crippen LogP contribution in [0.4, 0.5) is 0 Å². The maximum Gasteiger partial charge on any atom is 0.277 e. The molecule has 0 bridgehead atoms. The van der Waals surface area contributed by atoms with Crippen molar-refractivity contribution in [1.82, 2.24) is 0 Å². The van der Waals surface area contributed by atoms with E-state index in [2.05, 4.69) is 0 Å². The van der Waals surface area contributed by atoms with E-state index in [1.165, 1.54) is 30.5 Å². The minimum Gasteiger partial charge on any atom is -0.507 e. The van der Waals surface area contributed by atoms with E-state index >= 15 is 0 Å². The average molecular weight is 326 g/mol. The van der Waals surface area contributed by atoms with Crippen LogP contribution in [0.5, 0.6) is 17.2 Å². The summed E-state index contributed by atoms with van der Waals surface area (Å²) in [5.74, 6) is -0.541. The molecule has 5 rings (SSSR count). The maximum absolute atomic E-state index is 12.8. The van der Waals surface area contributed by atoms with Crippen molar-refractivity contribution in [3.63, 3.8) is 0 Å². The highest BCUT2D eigenvalue weighted by Gasteiger charge is 2.53. The lowest BCUT2D eigenvalue weighted by Crippen LogP contribution is -2.33. The van der Waals surface area contributed by atoms with Crippen molar-refractivity contribution in [2.45, 2.75) is 11.9 Å². The summed E-state index contributed by atoms with van der Waals surface area (Å²) in [6, 6.07) is 5.86. The fraction of sp³-hybridized carbons (Fsp3) is 0.118. The zero-order valence-corrected chi connectivity index (χ0v) is 12.0. The molecule has 7 nitrogen and oxygen atoms in total. The Morgan fingerprint density at radius 1 is 1.12 bits per heavy atom. The van der Waals surface area contributed by atoms with Gasteiger partial charge in [0.15, 0.2) is 5.60 Å². The van der Waals surface area contributed by atoms with E-state index in [1.54, 1.807) is 6.07 Å². The lowest BCUT2D eigenvalue weighted by atomic mass is 9.93. The van der Waals surface area contributed by atoms with Gasteiger partial charge in [0.2, 0.25) is 5.43 Å². The molecule has 3 heterocycles. The van der Waals surface area contributed by atoms with Crippen LogP contribution in [0.3, 0.4) is 0 Å². The molecule has 2 aliphatic rings. The Labute approximate surface area is 133 Å². The van der Waals surface area contributed by atoms with Gasteiger partial charge >= 0.3 is 0 Å². The summed E-state index contributed by atoms with van der Waals surface area (Å²) in [5, 5.41) is 31.1. The van der Waals surface area contributed by atoms with E-state index in [0.29, 0.717) is 0 Å². The Hall–Kier alpha value is -3.19. The summed E-state index contributed by atoms with van der Waals surface area (Å²) in [7, 11) is 0. The Kier molecular flexibility index (Phi) is 2.22. The summed E-state index contributed by atoms with van der Waals surface area (Å²) in [5.41, 5.74) is -1.98. The first-order valence-electron chi connectivity index (χ1n) is 7.18. The van der Waals surface area contributed by atoms with Gasteiger partial charge in [0, 0.05) is 6.07 Å². The molecular weight excluding hydrogens is 316 g/mol. The molecule has 7 heteroatoms. The quantitative estimate of drug-likeness (QED) is 0.540. The van der Waals surface area contributed by atoms with Gasteiger partial charge in [-0.05, 0) is 18.2 Å². The van der Waals surface area contributed by atoms with Gasteiger partial charge in [0.05, 0.1) is 11.8 Å². The number of benzene rings is 2. The standard InChI is InChI=1S/C17H10O7/c18-7-2-1-3-8-11(7)14(19)12-9(23-8)6-10-13(15(12)20)17(21)4-5-22-16(17)24-10/h1-6,16,18,20-21H/t16-,17-/m1/s1. The van der Waals surface area contributed by atoms with Crippen LogP contribution in [0, 0.1) is 0 Å². The fourth-order valence-electron chi connectivity index (χ4n) is 3.31. The number of phenols is 2. The molecule has 0 amide bonds. The molecule has 2 aromatic carbocycles. The van der Waals surface area contributed by atoms with E-state index in [-0.39, 0.29) is 39.0 Å². The van der Waals surface area contributed by atoms with E-state index < -0.39 is 23.1 Å². The number of rotatable bonds is 0. The molecule has 0 fully saturated rings. The van der Waals surface area contributed by atoms with Gasteiger partial charge in [-0.3, -0.25) is 4.79 Å². The first-order valence-corrected chi connectivity index (χ1v) is 7.18. The number of hydrogen-bond acceptors (Lipinski definition) is 7. The predicted molar refractivity (Wildman–Crippen MR) is 81.9 cm³/mol. The molecule has 3 aromatic rings. The summed E-state index contributed by atoms with van der Waals surface area (Å²) in [4.78, 5) is 12.8. The second-order valence-electron chi connectivity index (χ2n) is 5.77. The third-order valence-electron chi connectivity index (χ3n) is 4.42. The summed E-state index contributed by atoms with van der Waals surface area (Å²) >= 11 is 0. The average Bonchev–Trinajstić information content (AvgIpc) is 3.00. The highest BCUT2D eigenvalue weighted by Crippen LogP contribution is 2.52. The molecule has 0 radical (unpaired) electrons. The van der Waals surface area contributed by atoms with Gasteiger partial charge in [0.25, 0.3) is 6.29 Å². The lowest BCUT2D eigenvalue weighted by Gasteiger charge is -2.18. The number of aliphatic hydroxyl groups is 1. The van der Waals surface area contributed by atoms with Crippen molar-refractivity contribution in [2.24, 2.45) is 0 Å². The molecule has 3 N–H and O–H groups in total. The second kappa shape index (κ2) is 4.01. The Balaban J connectivity index is 1.97. The van der Waals surface area contributed by atoms with Crippen LogP contribution >= 0.6 is 0 Å². The molecule has 2 atom stereocenters. The van der Waals surface area contributed by atoms with Crippen LogP contribution in [-0.2, 0) is 10.3 Å². The third-order valence-corrected chi connectivity index (χ3v) is 4.42. The molecule has 0 aliphatic carbocycles. The number of aromatic hydroxyl groups is 2. The Morgan fingerprint density at radius 2 is 1.96 bits per heavy atom. The monoisotopic (exact) mass is 326 g/mol. The van der Waals surface area contributed by atoms with Crippen molar-refractivity contribution in [3.8, 4) is 17.2 Å². The summed E-state index contributed by atoms with van der Waals surface area (Å²) < 4.78 is 16.3. The van der Waals surface area contributed by atoms with Crippen LogP contribution in [0.2, 0.25) is 0 Å². The van der Waals surface area contributed by atoms with Crippen molar-refractivity contribution in [1.29, 1.82) is 0 Å². The van der Waals surface area contributed by atoms with E-state index in [9.17, 15) is 20.1 Å².